The van der Waals surface area contributed by atoms with Crippen LogP contribution in [0.3, 0.4) is 0 Å². The van der Waals surface area contributed by atoms with Gasteiger partial charge in [-0.05, 0) is 97.7 Å². The van der Waals surface area contributed by atoms with Crippen molar-refractivity contribution in [2.75, 3.05) is 104 Å². The Morgan fingerprint density at radius 1 is 0.841 bits per heavy atom. The lowest BCUT2D eigenvalue weighted by atomic mass is 9.96. The first-order valence-corrected chi connectivity index (χ1v) is 24.4. The van der Waals surface area contributed by atoms with Crippen LogP contribution in [-0.4, -0.2) is 129 Å². The van der Waals surface area contributed by atoms with Crippen molar-refractivity contribution >= 4 is 49.9 Å². The van der Waals surface area contributed by atoms with Gasteiger partial charge in [0.15, 0.2) is 5.13 Å². The summed E-state index contributed by atoms with van der Waals surface area (Å²) in [6.45, 7) is 8.50. The summed E-state index contributed by atoms with van der Waals surface area (Å²) in [5.74, 6) is -0.119. The maximum Gasteiger partial charge on any atom is 0.284 e. The largest absolute Gasteiger partial charge is 0.379 e. The van der Waals surface area contributed by atoms with E-state index in [2.05, 4.69) is 31.9 Å². The van der Waals surface area contributed by atoms with Gasteiger partial charge in [0.2, 0.25) is 10.0 Å². The molecule has 0 spiro atoms. The molecule has 0 radical (unpaired) electrons. The third kappa shape index (κ3) is 16.0. The first-order chi connectivity index (χ1) is 30.6. The van der Waals surface area contributed by atoms with E-state index < -0.39 is 21.2 Å². The van der Waals surface area contributed by atoms with Crippen LogP contribution in [0.1, 0.15) is 88.7 Å². The van der Waals surface area contributed by atoms with Crippen LogP contribution in [0.5, 0.6) is 0 Å². The second-order valence-electron chi connectivity index (χ2n) is 15.6. The van der Waals surface area contributed by atoms with Crippen LogP contribution in [0.2, 0.25) is 5.02 Å². The predicted octanol–water partition coefficient (Wildman–Crippen LogP) is 6.68. The Balaban J connectivity index is 0.904. The van der Waals surface area contributed by atoms with E-state index in [0.29, 0.717) is 127 Å². The normalized spacial score (nSPS) is 15.5. The molecule has 63 heavy (non-hydrogen) atoms. The van der Waals surface area contributed by atoms with Crippen LogP contribution >= 0.6 is 22.9 Å². The Kier molecular flexibility index (Phi) is 19.3. The van der Waals surface area contributed by atoms with E-state index >= 15 is 0 Å². The highest BCUT2D eigenvalue weighted by molar-refractivity contribution is 7.91. The fraction of sp³-hybridized carbons (Fsp3) is 0.605. The summed E-state index contributed by atoms with van der Waals surface area (Å²) < 4.78 is 60.4. The molecule has 17 nitrogen and oxygen atoms in total. The number of azide groups is 1. The molecule has 2 aromatic carbocycles. The van der Waals surface area contributed by atoms with E-state index in [-0.39, 0.29) is 23.6 Å². The average Bonchev–Trinajstić information content (AvgIpc) is 4.14. The van der Waals surface area contributed by atoms with Gasteiger partial charge in [0.1, 0.15) is 5.69 Å². The highest BCUT2D eigenvalue weighted by Gasteiger charge is 2.40. The number of thiazole rings is 1. The number of nitrogens with zero attached hydrogens (tertiary/aromatic N) is 5. The number of benzene rings is 2. The molecule has 0 bridgehead atoms. The van der Waals surface area contributed by atoms with E-state index in [1.54, 1.807) is 18.2 Å². The van der Waals surface area contributed by atoms with Crippen LogP contribution in [0, 0.1) is 5.92 Å². The number of hydrogen-bond acceptors (Lipinski definition) is 14. The molecule has 3 aliphatic carbocycles. The number of sulfonamides is 1. The quantitative estimate of drug-likeness (QED) is 0.0291. The number of carbonyl (C=O) groups excluding carboxylic acids is 2. The number of hydrogen-bond donors (Lipinski definition) is 2. The molecule has 2 amide bonds. The summed E-state index contributed by atoms with van der Waals surface area (Å²) in [7, 11) is -3.70. The van der Waals surface area contributed by atoms with E-state index in [0.717, 1.165) is 53.4 Å². The van der Waals surface area contributed by atoms with Gasteiger partial charge in [0, 0.05) is 40.0 Å². The second kappa shape index (κ2) is 25.0. The van der Waals surface area contributed by atoms with Gasteiger partial charge in [-0.1, -0.05) is 41.0 Å². The number of aromatic nitrogens is 1. The van der Waals surface area contributed by atoms with Crippen LogP contribution in [0.15, 0.2) is 47.6 Å². The van der Waals surface area contributed by atoms with Crippen molar-refractivity contribution in [1.29, 1.82) is 0 Å². The van der Waals surface area contributed by atoms with Crippen molar-refractivity contribution in [2.45, 2.75) is 62.7 Å². The van der Waals surface area contributed by atoms with Crippen molar-refractivity contribution in [3.05, 3.63) is 79.6 Å². The molecular formula is C43H58ClN7O10S2. The molecule has 1 atom stereocenters. The number of rotatable bonds is 32. The molecule has 0 aliphatic heterocycles. The average molecular weight is 933 g/mol. The molecule has 344 valence electrons. The molecule has 0 saturated heterocycles. The third-order valence-electron chi connectivity index (χ3n) is 10.6. The van der Waals surface area contributed by atoms with Gasteiger partial charge in [-0.25, -0.2) is 18.1 Å². The minimum atomic E-state index is -3.70. The van der Waals surface area contributed by atoms with E-state index in [1.165, 1.54) is 11.3 Å². The van der Waals surface area contributed by atoms with Crippen molar-refractivity contribution < 1.29 is 46.4 Å². The molecule has 3 fully saturated rings. The number of nitrogens with one attached hydrogen (secondary N) is 2. The molecule has 0 unspecified atom stereocenters. The fourth-order valence-corrected chi connectivity index (χ4v) is 9.38. The van der Waals surface area contributed by atoms with Gasteiger partial charge in [0.05, 0.1) is 90.6 Å². The first kappa shape index (κ1) is 48.6. The Bertz CT molecular complexity index is 2090. The van der Waals surface area contributed by atoms with Gasteiger partial charge < -0.3 is 38.6 Å². The topological polar surface area (TPSA) is 213 Å². The lowest BCUT2D eigenvalue weighted by molar-refractivity contribution is -0.0162. The minimum absolute atomic E-state index is 0.0885. The summed E-state index contributed by atoms with van der Waals surface area (Å²) >= 11 is 7.94. The summed E-state index contributed by atoms with van der Waals surface area (Å²) in [5, 5.41) is 7.07. The maximum absolute atomic E-state index is 13.4. The van der Waals surface area contributed by atoms with E-state index in [1.807, 2.05) is 24.3 Å². The van der Waals surface area contributed by atoms with Crippen LogP contribution < -0.4 is 14.9 Å². The Morgan fingerprint density at radius 2 is 1.43 bits per heavy atom. The second-order valence-corrected chi connectivity index (χ2v) is 19.0. The summed E-state index contributed by atoms with van der Waals surface area (Å²) in [4.78, 5) is 37.3. The molecule has 1 aromatic heterocycles. The highest BCUT2D eigenvalue weighted by atomic mass is 35.5. The van der Waals surface area contributed by atoms with E-state index in [9.17, 15) is 18.0 Å². The molecule has 3 aliphatic rings. The number of halogens is 1. The smallest absolute Gasteiger partial charge is 0.284 e. The minimum Gasteiger partial charge on any atom is -0.379 e. The zero-order chi connectivity index (χ0) is 44.4. The lowest BCUT2D eigenvalue weighted by Gasteiger charge is -2.29. The molecule has 6 rings (SSSR count). The van der Waals surface area contributed by atoms with Crippen molar-refractivity contribution in [2.24, 2.45) is 11.0 Å². The van der Waals surface area contributed by atoms with Gasteiger partial charge in [-0.15, -0.1) is 11.3 Å². The van der Waals surface area contributed by atoms with Gasteiger partial charge in [-0.2, -0.15) is 0 Å². The van der Waals surface area contributed by atoms with Crippen molar-refractivity contribution in [1.82, 2.24) is 15.0 Å². The fourth-order valence-electron chi connectivity index (χ4n) is 6.61. The Morgan fingerprint density at radius 3 is 1.98 bits per heavy atom. The maximum atomic E-state index is 13.4. The molecule has 3 saturated carbocycles. The number of amides is 2. The number of ether oxygens (including phenoxy) is 6. The standard InChI is InChI=1S/C43H58ClN7O10S2/c1-30(51(29-31-2-3-31)43-48-39(40(62-43)34-8-9-34)42(53)49-63(54,55)36-11-12-36)32-4-6-33(7-5-32)38-28-35(44)10-13-37(38)41(52)46-14-16-56-18-20-58-22-24-60-26-27-61-25-23-59-21-19-57-17-15-47-50-45/h4-7,10,13,28,30-31,34,36H,2-3,8-9,11-12,14-27,29H2,1H3,(H,46,52)(H,49,53)/t30-/m1/s1. The molecular weight excluding hydrogens is 874 g/mol. The zero-order valence-electron chi connectivity index (χ0n) is 35.7. The van der Waals surface area contributed by atoms with Crippen LogP contribution in [-0.2, 0) is 38.4 Å². The van der Waals surface area contributed by atoms with Crippen LogP contribution in [0.4, 0.5) is 5.13 Å². The first-order valence-electron chi connectivity index (χ1n) is 21.6. The van der Waals surface area contributed by atoms with Crippen molar-refractivity contribution in [3.63, 3.8) is 0 Å². The molecule has 3 aromatic rings. The SMILES string of the molecule is C[C@H](c1ccc(-c2cc(Cl)ccc2C(=O)NCCOCCOCCOCCOCCOCCOCCN=[N+]=[N-])cc1)N(CC1CC1)c1nc(C(=O)NS(=O)(=O)C2CC2)c(C2CC2)s1. The molecule has 2 N–H and O–H groups in total. The van der Waals surface area contributed by atoms with Gasteiger partial charge >= 0.3 is 0 Å². The van der Waals surface area contributed by atoms with E-state index in [4.69, 9.17) is 50.5 Å². The van der Waals surface area contributed by atoms with Crippen LogP contribution in [0.25, 0.3) is 21.6 Å². The molecule has 1 heterocycles. The summed E-state index contributed by atoms with van der Waals surface area (Å²) in [6.07, 6.45) is 5.33. The predicted molar refractivity (Wildman–Crippen MR) is 240 cm³/mol. The Hall–Kier alpha value is -3.88. The summed E-state index contributed by atoms with van der Waals surface area (Å²) in [5.41, 5.74) is 11.5. The zero-order valence-corrected chi connectivity index (χ0v) is 38.1. The highest BCUT2D eigenvalue weighted by Crippen LogP contribution is 2.48. The molecule has 20 heteroatoms. The lowest BCUT2D eigenvalue weighted by Crippen LogP contribution is -2.34. The van der Waals surface area contributed by atoms with Crippen molar-refractivity contribution in [3.8, 4) is 11.1 Å². The number of carbonyl (C=O) groups is 2. The van der Waals surface area contributed by atoms with Gasteiger partial charge in [-0.3, -0.25) is 9.59 Å². The Labute approximate surface area is 378 Å². The monoisotopic (exact) mass is 931 g/mol. The number of anilines is 1. The summed E-state index contributed by atoms with van der Waals surface area (Å²) in [6, 6.07) is 13.2. The van der Waals surface area contributed by atoms with Gasteiger partial charge in [0.25, 0.3) is 11.8 Å². The third-order valence-corrected chi connectivity index (χ3v) is 13.9.